The van der Waals surface area contributed by atoms with E-state index >= 15 is 0 Å². The van der Waals surface area contributed by atoms with E-state index in [1.54, 1.807) is 31.2 Å². The van der Waals surface area contributed by atoms with E-state index in [1.165, 1.54) is 19.1 Å². The van der Waals surface area contributed by atoms with Crippen molar-refractivity contribution in [1.29, 1.82) is 0 Å². The number of aryl methyl sites for hydroxylation is 1. The Bertz CT molecular complexity index is 942. The smallest absolute Gasteiger partial charge is 0.339 e. The Hall–Kier alpha value is -2.42. The lowest BCUT2D eigenvalue weighted by atomic mass is 10.1. The Kier molecular flexibility index (Phi) is 6.01. The van der Waals surface area contributed by atoms with Crippen molar-refractivity contribution in [3.05, 3.63) is 58.6 Å². The molecule has 2 aromatic rings. The second-order valence-corrected chi connectivity index (χ2v) is 7.56. The van der Waals surface area contributed by atoms with E-state index in [-0.39, 0.29) is 10.5 Å². The summed E-state index contributed by atoms with van der Waals surface area (Å²) in [6, 6.07) is 10.3. The molecule has 2 rings (SSSR count). The molecule has 0 saturated carbocycles. The molecule has 9 heteroatoms. The average Bonchev–Trinajstić information content (AvgIpc) is 2.56. The first-order valence-electron chi connectivity index (χ1n) is 7.49. The summed E-state index contributed by atoms with van der Waals surface area (Å²) in [6.07, 6.45) is -1.10. The molecule has 2 aromatic carbocycles. The van der Waals surface area contributed by atoms with E-state index in [1.807, 2.05) is 0 Å². The SMILES string of the molecule is Cc1ccc(S(N)(=O)=O)cc1C(=O)OC(C)C(=O)Nc1ccc(Cl)cc1. The highest BCUT2D eigenvalue weighted by atomic mass is 35.5. The minimum absolute atomic E-state index is 0.0164. The number of sulfonamides is 1. The van der Waals surface area contributed by atoms with Gasteiger partial charge in [0, 0.05) is 10.7 Å². The molecule has 0 heterocycles. The van der Waals surface area contributed by atoms with E-state index in [2.05, 4.69) is 5.32 Å². The summed E-state index contributed by atoms with van der Waals surface area (Å²) in [5.41, 5.74) is 1.00. The van der Waals surface area contributed by atoms with E-state index in [9.17, 15) is 18.0 Å². The molecule has 0 aliphatic heterocycles. The number of nitrogens with one attached hydrogen (secondary N) is 1. The fourth-order valence-corrected chi connectivity index (χ4v) is 2.72. The maximum atomic E-state index is 12.3. The van der Waals surface area contributed by atoms with Crippen LogP contribution < -0.4 is 10.5 Å². The van der Waals surface area contributed by atoms with Gasteiger partial charge < -0.3 is 10.1 Å². The third-order valence-electron chi connectivity index (χ3n) is 3.52. The fourth-order valence-electron chi connectivity index (χ4n) is 2.05. The number of amides is 1. The van der Waals surface area contributed by atoms with Crippen LogP contribution >= 0.6 is 11.6 Å². The first kappa shape index (κ1) is 19.9. The quantitative estimate of drug-likeness (QED) is 0.753. The number of primary sulfonamides is 1. The van der Waals surface area contributed by atoms with Crippen LogP contribution in [0.5, 0.6) is 0 Å². The van der Waals surface area contributed by atoms with E-state index in [4.69, 9.17) is 21.5 Å². The molecule has 0 bridgehead atoms. The molecule has 0 saturated heterocycles. The molecule has 7 nitrogen and oxygen atoms in total. The van der Waals surface area contributed by atoms with Gasteiger partial charge in [0.05, 0.1) is 10.5 Å². The van der Waals surface area contributed by atoms with Crippen molar-refractivity contribution in [3.63, 3.8) is 0 Å². The molecule has 1 amide bonds. The van der Waals surface area contributed by atoms with Crippen molar-refractivity contribution in [2.75, 3.05) is 5.32 Å². The van der Waals surface area contributed by atoms with Crippen LogP contribution in [-0.4, -0.2) is 26.4 Å². The van der Waals surface area contributed by atoms with Crippen LogP contribution in [0.4, 0.5) is 5.69 Å². The highest BCUT2D eigenvalue weighted by Gasteiger charge is 2.21. The van der Waals surface area contributed by atoms with Gasteiger partial charge in [-0.3, -0.25) is 4.79 Å². The molecule has 0 aliphatic rings. The second kappa shape index (κ2) is 7.86. The van der Waals surface area contributed by atoms with Crippen molar-refractivity contribution in [3.8, 4) is 0 Å². The van der Waals surface area contributed by atoms with Crippen LogP contribution in [0.1, 0.15) is 22.8 Å². The predicted molar refractivity (Wildman–Crippen MR) is 97.5 cm³/mol. The number of esters is 1. The van der Waals surface area contributed by atoms with Gasteiger partial charge in [0.15, 0.2) is 6.10 Å². The lowest BCUT2D eigenvalue weighted by Crippen LogP contribution is -2.30. The number of rotatable bonds is 5. The molecule has 3 N–H and O–H groups in total. The number of nitrogens with two attached hydrogens (primary N) is 1. The molecule has 1 unspecified atom stereocenters. The van der Waals surface area contributed by atoms with Crippen molar-refractivity contribution in [1.82, 2.24) is 0 Å². The van der Waals surface area contributed by atoms with Gasteiger partial charge in [-0.2, -0.15) is 0 Å². The molecule has 138 valence electrons. The van der Waals surface area contributed by atoms with E-state index in [0.29, 0.717) is 16.3 Å². The fraction of sp³-hybridized carbons (Fsp3) is 0.176. The van der Waals surface area contributed by atoms with Crippen LogP contribution in [0.2, 0.25) is 5.02 Å². The molecule has 26 heavy (non-hydrogen) atoms. The van der Waals surface area contributed by atoms with Gasteiger partial charge in [0.2, 0.25) is 10.0 Å². The maximum absolute atomic E-state index is 12.3. The third-order valence-corrected chi connectivity index (χ3v) is 4.69. The summed E-state index contributed by atoms with van der Waals surface area (Å²) in [4.78, 5) is 24.2. The van der Waals surface area contributed by atoms with Gasteiger partial charge in [-0.1, -0.05) is 17.7 Å². The first-order chi connectivity index (χ1) is 12.1. The van der Waals surface area contributed by atoms with Gasteiger partial charge in [0.1, 0.15) is 0 Å². The number of halogens is 1. The van der Waals surface area contributed by atoms with E-state index < -0.39 is 28.0 Å². The standard InChI is InChI=1S/C17H17ClN2O5S/c1-10-3-8-14(26(19,23)24)9-15(10)17(22)25-11(2)16(21)20-13-6-4-12(18)5-7-13/h3-9,11H,1-2H3,(H,20,21)(H2,19,23,24). The highest BCUT2D eigenvalue weighted by Crippen LogP contribution is 2.17. The molecular formula is C17H17ClN2O5S. The van der Waals surface area contributed by atoms with E-state index in [0.717, 1.165) is 6.07 Å². The summed E-state index contributed by atoms with van der Waals surface area (Å²) in [6.45, 7) is 3.02. The van der Waals surface area contributed by atoms with Crippen molar-refractivity contribution >= 4 is 39.2 Å². The molecule has 1 atom stereocenters. The summed E-state index contributed by atoms with van der Waals surface area (Å²) in [5, 5.41) is 8.17. The Balaban J connectivity index is 2.11. The van der Waals surface area contributed by atoms with Gasteiger partial charge in [0.25, 0.3) is 5.91 Å². The lowest BCUT2D eigenvalue weighted by molar-refractivity contribution is -0.123. The summed E-state index contributed by atoms with van der Waals surface area (Å²) in [5.74, 6) is -1.37. The van der Waals surface area contributed by atoms with Crippen LogP contribution in [0.3, 0.4) is 0 Å². The lowest BCUT2D eigenvalue weighted by Gasteiger charge is -2.15. The highest BCUT2D eigenvalue weighted by molar-refractivity contribution is 7.89. The van der Waals surface area contributed by atoms with Crippen molar-refractivity contribution in [2.24, 2.45) is 5.14 Å². The number of hydrogen-bond acceptors (Lipinski definition) is 5. The topological polar surface area (TPSA) is 116 Å². The van der Waals surface area contributed by atoms with Crippen molar-refractivity contribution in [2.45, 2.75) is 24.8 Å². The number of anilines is 1. The van der Waals surface area contributed by atoms with Crippen LogP contribution in [-0.2, 0) is 19.6 Å². The van der Waals surface area contributed by atoms with Gasteiger partial charge in [-0.15, -0.1) is 0 Å². The molecular weight excluding hydrogens is 380 g/mol. The predicted octanol–water partition coefficient (Wildman–Crippen LogP) is 2.48. The number of benzene rings is 2. The van der Waals surface area contributed by atoms with Crippen LogP contribution in [0, 0.1) is 6.92 Å². The monoisotopic (exact) mass is 396 g/mol. The van der Waals surface area contributed by atoms with Crippen LogP contribution in [0.25, 0.3) is 0 Å². The zero-order valence-corrected chi connectivity index (χ0v) is 15.6. The Morgan fingerprint density at radius 3 is 2.35 bits per heavy atom. The minimum atomic E-state index is -3.96. The second-order valence-electron chi connectivity index (χ2n) is 5.57. The average molecular weight is 397 g/mol. The zero-order valence-electron chi connectivity index (χ0n) is 14.0. The Labute approximate surface area is 156 Å². The Morgan fingerprint density at radius 1 is 1.15 bits per heavy atom. The summed E-state index contributed by atoms with van der Waals surface area (Å²) in [7, 11) is -3.96. The molecule has 0 fully saturated rings. The molecule has 0 aliphatic carbocycles. The third kappa shape index (κ3) is 5.04. The summed E-state index contributed by atoms with van der Waals surface area (Å²) >= 11 is 5.77. The maximum Gasteiger partial charge on any atom is 0.339 e. The Morgan fingerprint density at radius 2 is 1.77 bits per heavy atom. The zero-order chi connectivity index (χ0) is 19.5. The minimum Gasteiger partial charge on any atom is -0.449 e. The van der Waals surface area contributed by atoms with Crippen LogP contribution in [0.15, 0.2) is 47.4 Å². The first-order valence-corrected chi connectivity index (χ1v) is 9.41. The summed E-state index contributed by atoms with van der Waals surface area (Å²) < 4.78 is 28.0. The molecule has 0 radical (unpaired) electrons. The normalized spacial score (nSPS) is 12.3. The number of carbonyl (C=O) groups is 2. The van der Waals surface area contributed by atoms with Crippen molar-refractivity contribution < 1.29 is 22.7 Å². The van der Waals surface area contributed by atoms with Gasteiger partial charge in [-0.05, 0) is 55.8 Å². The number of hydrogen-bond donors (Lipinski definition) is 2. The van der Waals surface area contributed by atoms with Gasteiger partial charge >= 0.3 is 5.97 Å². The largest absolute Gasteiger partial charge is 0.449 e. The molecule has 0 spiro atoms. The molecule has 0 aromatic heterocycles. The van der Waals surface area contributed by atoms with Gasteiger partial charge in [-0.25, -0.2) is 18.4 Å². The number of carbonyl (C=O) groups excluding carboxylic acids is 2. The number of ether oxygens (including phenoxy) is 1.